The van der Waals surface area contributed by atoms with Crippen molar-refractivity contribution < 1.29 is 9.18 Å². The molecule has 1 fully saturated rings. The quantitative estimate of drug-likeness (QED) is 0.665. The van der Waals surface area contributed by atoms with Gasteiger partial charge in [0.1, 0.15) is 23.0 Å². The van der Waals surface area contributed by atoms with Crippen molar-refractivity contribution in [3.05, 3.63) is 42.5 Å². The zero-order valence-electron chi connectivity index (χ0n) is 13.2. The molecule has 24 heavy (non-hydrogen) atoms. The summed E-state index contributed by atoms with van der Waals surface area (Å²) in [5, 5.41) is 3.51. The van der Waals surface area contributed by atoms with E-state index in [1.165, 1.54) is 55.3 Å². The van der Waals surface area contributed by atoms with Crippen LogP contribution in [0.2, 0.25) is 0 Å². The lowest BCUT2D eigenvalue weighted by molar-refractivity contribution is -0.113. The Morgan fingerprint density at radius 1 is 1.17 bits per heavy atom. The molecule has 2 heterocycles. The SMILES string of the molecule is O=C(CSc1cc(N2CCCCC2)ncn1)Nc1ccc(F)cc1. The lowest BCUT2D eigenvalue weighted by Gasteiger charge is -2.27. The molecule has 0 bridgehead atoms. The third-order valence-electron chi connectivity index (χ3n) is 3.79. The number of thioether (sulfide) groups is 1. The first-order chi connectivity index (χ1) is 11.7. The summed E-state index contributed by atoms with van der Waals surface area (Å²) in [5.41, 5.74) is 0.582. The maximum absolute atomic E-state index is 12.8. The fourth-order valence-corrected chi connectivity index (χ4v) is 3.24. The summed E-state index contributed by atoms with van der Waals surface area (Å²) >= 11 is 1.37. The van der Waals surface area contributed by atoms with E-state index in [1.807, 2.05) is 6.07 Å². The van der Waals surface area contributed by atoms with Crippen molar-refractivity contribution in [3.8, 4) is 0 Å². The van der Waals surface area contributed by atoms with Crippen LogP contribution in [0.4, 0.5) is 15.9 Å². The largest absolute Gasteiger partial charge is 0.356 e. The van der Waals surface area contributed by atoms with E-state index < -0.39 is 0 Å². The topological polar surface area (TPSA) is 58.1 Å². The number of anilines is 2. The first kappa shape index (κ1) is 16.7. The number of halogens is 1. The molecule has 0 unspecified atom stereocenters. The maximum Gasteiger partial charge on any atom is 0.234 e. The van der Waals surface area contributed by atoms with Crippen molar-refractivity contribution in [1.82, 2.24) is 9.97 Å². The van der Waals surface area contributed by atoms with E-state index in [9.17, 15) is 9.18 Å². The average molecular weight is 346 g/mol. The molecule has 0 spiro atoms. The van der Waals surface area contributed by atoms with E-state index in [0.29, 0.717) is 5.69 Å². The number of carbonyl (C=O) groups excluding carboxylic acids is 1. The number of rotatable bonds is 5. The molecule has 0 radical (unpaired) electrons. The fourth-order valence-electron chi connectivity index (χ4n) is 2.57. The summed E-state index contributed by atoms with van der Waals surface area (Å²) in [4.78, 5) is 22.8. The predicted molar refractivity (Wildman–Crippen MR) is 93.8 cm³/mol. The molecule has 1 aromatic carbocycles. The Hall–Kier alpha value is -2.15. The molecule has 7 heteroatoms. The summed E-state index contributed by atoms with van der Waals surface area (Å²) in [7, 11) is 0. The van der Waals surface area contributed by atoms with Crippen LogP contribution in [0.5, 0.6) is 0 Å². The molecule has 126 valence electrons. The number of nitrogens with one attached hydrogen (secondary N) is 1. The summed E-state index contributed by atoms with van der Waals surface area (Å²) in [6.45, 7) is 2.04. The number of piperidine rings is 1. The fraction of sp³-hybridized carbons (Fsp3) is 0.353. The van der Waals surface area contributed by atoms with Gasteiger partial charge in [-0.1, -0.05) is 11.8 Å². The standard InChI is InChI=1S/C17H19FN4OS/c18-13-4-6-14(7-5-13)21-16(23)11-24-17-10-15(19-12-20-17)22-8-2-1-3-9-22/h4-7,10,12H,1-3,8-9,11H2,(H,21,23). The number of aromatic nitrogens is 2. The van der Waals surface area contributed by atoms with Crippen LogP contribution in [-0.4, -0.2) is 34.7 Å². The molecular weight excluding hydrogens is 327 g/mol. The molecule has 0 aliphatic carbocycles. The molecule has 3 rings (SSSR count). The highest BCUT2D eigenvalue weighted by Crippen LogP contribution is 2.22. The minimum atomic E-state index is -0.325. The highest BCUT2D eigenvalue weighted by atomic mass is 32.2. The lowest BCUT2D eigenvalue weighted by Crippen LogP contribution is -2.30. The van der Waals surface area contributed by atoms with E-state index in [2.05, 4.69) is 20.2 Å². The number of hydrogen-bond donors (Lipinski definition) is 1. The van der Waals surface area contributed by atoms with Gasteiger partial charge in [-0.15, -0.1) is 0 Å². The zero-order chi connectivity index (χ0) is 16.8. The van der Waals surface area contributed by atoms with Crippen LogP contribution >= 0.6 is 11.8 Å². The third-order valence-corrected chi connectivity index (χ3v) is 4.71. The molecule has 1 saturated heterocycles. The molecule has 1 amide bonds. The Kier molecular flexibility index (Phi) is 5.63. The number of carbonyl (C=O) groups is 1. The van der Waals surface area contributed by atoms with Crippen molar-refractivity contribution >= 4 is 29.2 Å². The minimum Gasteiger partial charge on any atom is -0.356 e. The normalized spacial score (nSPS) is 14.5. The van der Waals surface area contributed by atoms with Gasteiger partial charge in [0.2, 0.25) is 5.91 Å². The Morgan fingerprint density at radius 3 is 2.67 bits per heavy atom. The number of hydrogen-bond acceptors (Lipinski definition) is 5. The van der Waals surface area contributed by atoms with Gasteiger partial charge in [0.05, 0.1) is 5.75 Å². The van der Waals surface area contributed by atoms with E-state index in [0.717, 1.165) is 23.9 Å². The molecule has 0 saturated carbocycles. The second-order valence-corrected chi connectivity index (χ2v) is 6.60. The monoisotopic (exact) mass is 346 g/mol. The van der Waals surface area contributed by atoms with Crippen molar-refractivity contribution in [3.63, 3.8) is 0 Å². The van der Waals surface area contributed by atoms with Crippen LogP contribution in [0.25, 0.3) is 0 Å². The van der Waals surface area contributed by atoms with Crippen LogP contribution in [0, 0.1) is 5.82 Å². The summed E-state index contributed by atoms with van der Waals surface area (Å²) in [6, 6.07) is 7.64. The van der Waals surface area contributed by atoms with Gasteiger partial charge in [-0.3, -0.25) is 4.79 Å². The Bertz CT molecular complexity index is 689. The Labute approximate surface area is 144 Å². The van der Waals surface area contributed by atoms with Crippen molar-refractivity contribution in [2.75, 3.05) is 29.1 Å². The Morgan fingerprint density at radius 2 is 1.92 bits per heavy atom. The first-order valence-corrected chi connectivity index (χ1v) is 8.94. The van der Waals surface area contributed by atoms with Gasteiger partial charge < -0.3 is 10.2 Å². The number of amides is 1. The predicted octanol–water partition coefficient (Wildman–Crippen LogP) is 3.34. The Balaban J connectivity index is 1.54. The zero-order valence-corrected chi connectivity index (χ0v) is 14.1. The third kappa shape index (κ3) is 4.67. The van der Waals surface area contributed by atoms with Crippen molar-refractivity contribution in [2.45, 2.75) is 24.3 Å². The van der Waals surface area contributed by atoms with E-state index in [-0.39, 0.29) is 17.5 Å². The van der Waals surface area contributed by atoms with Crippen LogP contribution in [0.3, 0.4) is 0 Å². The first-order valence-electron chi connectivity index (χ1n) is 7.96. The van der Waals surface area contributed by atoms with Crippen molar-refractivity contribution in [1.29, 1.82) is 0 Å². The molecule has 1 aliphatic heterocycles. The highest BCUT2D eigenvalue weighted by molar-refractivity contribution is 7.99. The average Bonchev–Trinajstić information content (AvgIpc) is 2.63. The molecule has 1 aromatic heterocycles. The summed E-state index contributed by atoms with van der Waals surface area (Å²) in [5.74, 6) is 0.692. The van der Waals surface area contributed by atoms with E-state index in [4.69, 9.17) is 0 Å². The highest BCUT2D eigenvalue weighted by Gasteiger charge is 2.13. The minimum absolute atomic E-state index is 0.148. The summed E-state index contributed by atoms with van der Waals surface area (Å²) < 4.78 is 12.8. The molecular formula is C17H19FN4OS. The van der Waals surface area contributed by atoms with Gasteiger partial charge in [-0.2, -0.15) is 0 Å². The van der Waals surface area contributed by atoms with Gasteiger partial charge in [-0.25, -0.2) is 14.4 Å². The van der Waals surface area contributed by atoms with Crippen LogP contribution < -0.4 is 10.2 Å². The molecule has 0 atom stereocenters. The second-order valence-electron chi connectivity index (χ2n) is 5.61. The molecule has 2 aromatic rings. The van der Waals surface area contributed by atoms with Crippen LogP contribution in [0.1, 0.15) is 19.3 Å². The van der Waals surface area contributed by atoms with Crippen LogP contribution in [0.15, 0.2) is 41.7 Å². The number of benzene rings is 1. The molecule has 1 N–H and O–H groups in total. The maximum atomic E-state index is 12.8. The molecule has 5 nitrogen and oxygen atoms in total. The second kappa shape index (κ2) is 8.10. The van der Waals surface area contributed by atoms with E-state index in [1.54, 1.807) is 6.33 Å². The van der Waals surface area contributed by atoms with Gasteiger partial charge in [-0.05, 0) is 43.5 Å². The van der Waals surface area contributed by atoms with Crippen molar-refractivity contribution in [2.24, 2.45) is 0 Å². The van der Waals surface area contributed by atoms with Gasteiger partial charge in [0, 0.05) is 24.8 Å². The lowest BCUT2D eigenvalue weighted by atomic mass is 10.1. The molecule has 1 aliphatic rings. The van der Waals surface area contributed by atoms with Gasteiger partial charge >= 0.3 is 0 Å². The summed E-state index contributed by atoms with van der Waals surface area (Å²) in [6.07, 6.45) is 5.19. The smallest absolute Gasteiger partial charge is 0.234 e. The van der Waals surface area contributed by atoms with Gasteiger partial charge in [0.25, 0.3) is 0 Å². The van der Waals surface area contributed by atoms with E-state index >= 15 is 0 Å². The van der Waals surface area contributed by atoms with Gasteiger partial charge in [0.15, 0.2) is 0 Å². The number of nitrogens with zero attached hydrogens (tertiary/aromatic N) is 3. The van der Waals surface area contributed by atoms with Crippen LogP contribution in [-0.2, 0) is 4.79 Å².